The summed E-state index contributed by atoms with van der Waals surface area (Å²) in [5.41, 5.74) is 4.63. The highest BCUT2D eigenvalue weighted by Gasteiger charge is 2.41. The zero-order valence-electron chi connectivity index (χ0n) is 17.4. The molecule has 2 aromatic rings. The van der Waals surface area contributed by atoms with Crippen molar-refractivity contribution < 1.29 is 27.2 Å². The number of aromatic nitrogens is 1. The Kier molecular flexibility index (Phi) is 6.64. The normalized spacial score (nSPS) is 21.3. The lowest BCUT2D eigenvalue weighted by Crippen LogP contribution is -2.41. The molecular formula is C22H23F4N3O2S. The van der Waals surface area contributed by atoms with Crippen LogP contribution in [0.1, 0.15) is 48.1 Å². The van der Waals surface area contributed by atoms with Crippen molar-refractivity contribution in [3.05, 3.63) is 57.8 Å². The van der Waals surface area contributed by atoms with Crippen LogP contribution in [0.4, 0.5) is 17.6 Å². The third kappa shape index (κ3) is 5.02. The largest absolute Gasteiger partial charge is 0.398 e. The number of nitrogens with one attached hydrogen (secondary N) is 1. The number of carbonyl (C=O) groups is 1. The van der Waals surface area contributed by atoms with E-state index in [0.717, 1.165) is 24.8 Å². The zero-order chi connectivity index (χ0) is 22.9. The molecule has 0 aliphatic carbocycles. The second kappa shape index (κ2) is 9.29. The van der Waals surface area contributed by atoms with Gasteiger partial charge in [0.05, 0.1) is 22.9 Å². The van der Waals surface area contributed by atoms with E-state index in [4.69, 9.17) is 9.82 Å². The number of carbonyl (C=O) groups excluding carboxylic acids is 1. The Labute approximate surface area is 187 Å². The predicted octanol–water partition coefficient (Wildman–Crippen LogP) is 4.85. The minimum absolute atomic E-state index is 0.178. The number of hydrogen-bond acceptors (Lipinski definition) is 6. The molecule has 4 rings (SSSR count). The van der Waals surface area contributed by atoms with E-state index in [1.807, 2.05) is 5.38 Å². The maximum absolute atomic E-state index is 14.0. The molecule has 1 aromatic carbocycles. The van der Waals surface area contributed by atoms with Crippen molar-refractivity contribution >= 4 is 22.8 Å². The van der Waals surface area contributed by atoms with Gasteiger partial charge in [-0.25, -0.2) is 9.37 Å². The van der Waals surface area contributed by atoms with Gasteiger partial charge in [0.1, 0.15) is 17.8 Å². The van der Waals surface area contributed by atoms with Crippen molar-refractivity contribution in [1.29, 1.82) is 0 Å². The molecule has 1 fully saturated rings. The fourth-order valence-electron chi connectivity index (χ4n) is 3.82. The molecule has 5 nitrogen and oxygen atoms in total. The van der Waals surface area contributed by atoms with Gasteiger partial charge in [-0.15, -0.1) is 11.3 Å². The highest BCUT2D eigenvalue weighted by atomic mass is 32.1. The molecule has 172 valence electrons. The highest BCUT2D eigenvalue weighted by molar-refractivity contribution is 7.09. The number of nitrogens with zero attached hydrogens (tertiary/aromatic N) is 2. The Bertz CT molecular complexity index is 999. The number of rotatable bonds is 6. The molecule has 3 heterocycles. The van der Waals surface area contributed by atoms with Crippen LogP contribution in [0.15, 0.2) is 35.7 Å². The van der Waals surface area contributed by atoms with Gasteiger partial charge in [0.2, 0.25) is 0 Å². The smallest absolute Gasteiger partial charge is 0.298 e. The first-order valence-electron chi connectivity index (χ1n) is 10.4. The maximum Gasteiger partial charge on any atom is 0.398 e. The van der Waals surface area contributed by atoms with Gasteiger partial charge in [0, 0.05) is 16.9 Å². The van der Waals surface area contributed by atoms with E-state index in [1.54, 1.807) is 29.2 Å². The number of hydrogen-bond donors (Lipinski definition) is 1. The van der Waals surface area contributed by atoms with Crippen molar-refractivity contribution in [2.45, 2.75) is 38.0 Å². The lowest BCUT2D eigenvalue weighted by molar-refractivity contribution is -0.178. The molecule has 10 heteroatoms. The van der Waals surface area contributed by atoms with Gasteiger partial charge in [-0.3, -0.25) is 20.0 Å². The molecule has 0 amide bonds. The number of halogens is 4. The molecule has 0 saturated carbocycles. The maximum atomic E-state index is 14.0. The first-order chi connectivity index (χ1) is 15.2. The van der Waals surface area contributed by atoms with Gasteiger partial charge in [-0.05, 0) is 45.0 Å². The molecule has 1 N–H and O–H groups in total. The molecule has 0 bridgehead atoms. The van der Waals surface area contributed by atoms with Crippen molar-refractivity contribution in [1.82, 2.24) is 15.4 Å². The first-order valence-corrected chi connectivity index (χ1v) is 11.3. The fraction of sp³-hybridized carbons (Fsp3) is 0.455. The summed E-state index contributed by atoms with van der Waals surface area (Å²) in [6.07, 6.45) is -1.81. The Morgan fingerprint density at radius 2 is 2.03 bits per heavy atom. The van der Waals surface area contributed by atoms with Crippen molar-refractivity contribution in [2.75, 3.05) is 19.6 Å². The average molecular weight is 470 g/mol. The van der Waals surface area contributed by atoms with Crippen LogP contribution in [-0.4, -0.2) is 41.5 Å². The van der Waals surface area contributed by atoms with Crippen LogP contribution in [0.3, 0.4) is 0 Å². The number of likely N-dealkylation sites (tertiary alicyclic amines) is 1. The standard InChI is InChI=1S/C22H23F4N3O2S/c1-13(22(24,25)26)19(30)11-29-8-6-14(7-9-29)21-27-18(12-32-21)17-10-20(31-28-17)15-4-2-3-5-16(15)23/h2-5,10,12-14,20,28H,6-9,11H2,1H3. The van der Waals surface area contributed by atoms with Crippen LogP contribution in [-0.2, 0) is 9.63 Å². The summed E-state index contributed by atoms with van der Waals surface area (Å²) in [7, 11) is 0. The van der Waals surface area contributed by atoms with E-state index in [0.29, 0.717) is 30.0 Å². The summed E-state index contributed by atoms with van der Waals surface area (Å²) in [5, 5.41) is 2.84. The Morgan fingerprint density at radius 1 is 1.31 bits per heavy atom. The van der Waals surface area contributed by atoms with Crippen molar-refractivity contribution in [3.8, 4) is 0 Å². The third-order valence-electron chi connectivity index (χ3n) is 5.91. The number of thiazole rings is 1. The van der Waals surface area contributed by atoms with Crippen LogP contribution in [0.2, 0.25) is 0 Å². The number of Topliss-reactive ketones (excluding diaryl/α,β-unsaturated/α-hetero) is 1. The number of ketones is 1. The van der Waals surface area contributed by atoms with Crippen LogP contribution in [0, 0.1) is 11.7 Å². The molecule has 0 spiro atoms. The summed E-state index contributed by atoms with van der Waals surface area (Å²) in [6.45, 7) is 1.84. The van der Waals surface area contributed by atoms with Crippen molar-refractivity contribution in [3.63, 3.8) is 0 Å². The quantitative estimate of drug-likeness (QED) is 0.614. The Morgan fingerprint density at radius 3 is 2.72 bits per heavy atom. The monoisotopic (exact) mass is 469 g/mol. The number of alkyl halides is 3. The fourth-order valence-corrected chi connectivity index (χ4v) is 4.81. The molecule has 1 saturated heterocycles. The lowest BCUT2D eigenvalue weighted by atomic mass is 9.96. The second-order valence-electron chi connectivity index (χ2n) is 8.09. The Balaban J connectivity index is 1.34. The Hall–Kier alpha value is -2.30. The van der Waals surface area contributed by atoms with Crippen LogP contribution in [0.25, 0.3) is 5.70 Å². The lowest BCUT2D eigenvalue weighted by Gasteiger charge is -2.31. The molecule has 32 heavy (non-hydrogen) atoms. The van der Waals surface area contributed by atoms with E-state index in [2.05, 4.69) is 5.48 Å². The van der Waals surface area contributed by atoms with E-state index in [-0.39, 0.29) is 18.3 Å². The molecule has 2 aliphatic heterocycles. The minimum Gasteiger partial charge on any atom is -0.298 e. The number of piperidine rings is 1. The van der Waals surface area contributed by atoms with Gasteiger partial charge in [0.25, 0.3) is 0 Å². The number of hydroxylamine groups is 1. The van der Waals surface area contributed by atoms with Gasteiger partial charge in [0.15, 0.2) is 5.78 Å². The molecule has 0 radical (unpaired) electrons. The van der Waals surface area contributed by atoms with E-state index < -0.39 is 24.0 Å². The molecular weight excluding hydrogens is 446 g/mol. The third-order valence-corrected chi connectivity index (χ3v) is 6.92. The average Bonchev–Trinajstić information content (AvgIpc) is 3.43. The van der Waals surface area contributed by atoms with E-state index in [1.165, 1.54) is 17.4 Å². The molecule has 2 aliphatic rings. The summed E-state index contributed by atoms with van der Waals surface area (Å²) in [6, 6.07) is 6.42. The minimum atomic E-state index is -4.50. The summed E-state index contributed by atoms with van der Waals surface area (Å²) in [4.78, 5) is 23.9. The van der Waals surface area contributed by atoms with E-state index in [9.17, 15) is 22.4 Å². The van der Waals surface area contributed by atoms with Gasteiger partial charge >= 0.3 is 6.18 Å². The zero-order valence-corrected chi connectivity index (χ0v) is 18.2. The van der Waals surface area contributed by atoms with Gasteiger partial charge in [-0.2, -0.15) is 13.2 Å². The van der Waals surface area contributed by atoms with Crippen LogP contribution < -0.4 is 5.48 Å². The second-order valence-corrected chi connectivity index (χ2v) is 8.98. The number of benzene rings is 1. The topological polar surface area (TPSA) is 54.5 Å². The summed E-state index contributed by atoms with van der Waals surface area (Å²) >= 11 is 1.51. The van der Waals surface area contributed by atoms with E-state index >= 15 is 0 Å². The predicted molar refractivity (Wildman–Crippen MR) is 112 cm³/mol. The van der Waals surface area contributed by atoms with Gasteiger partial charge in [-0.1, -0.05) is 18.2 Å². The van der Waals surface area contributed by atoms with Crippen molar-refractivity contribution in [2.24, 2.45) is 5.92 Å². The first kappa shape index (κ1) is 22.9. The highest BCUT2D eigenvalue weighted by Crippen LogP contribution is 2.35. The molecule has 2 unspecified atom stereocenters. The molecule has 2 atom stereocenters. The van der Waals surface area contributed by atoms with Crippen LogP contribution in [0.5, 0.6) is 0 Å². The molecule has 1 aromatic heterocycles. The van der Waals surface area contributed by atoms with Gasteiger partial charge < -0.3 is 0 Å². The summed E-state index contributed by atoms with van der Waals surface area (Å²) < 4.78 is 52.2. The summed E-state index contributed by atoms with van der Waals surface area (Å²) in [5.74, 6) is -2.89. The van der Waals surface area contributed by atoms with Crippen LogP contribution >= 0.6 is 11.3 Å². The SMILES string of the molecule is CC(C(=O)CN1CCC(c2nc(C3=CC(c4ccccc4F)ON3)cs2)CC1)C(F)(F)F.